The third-order valence-corrected chi connectivity index (χ3v) is 5.12. The Labute approximate surface area is 121 Å². The number of carbonyl (C=O) groups excluding carboxylic acids is 1. The van der Waals surface area contributed by atoms with Crippen LogP contribution in [0.15, 0.2) is 0 Å². The highest BCUT2D eigenvalue weighted by Crippen LogP contribution is 2.38. The Morgan fingerprint density at radius 3 is 2.68 bits per heavy atom. The van der Waals surface area contributed by atoms with Crippen molar-refractivity contribution in [1.82, 2.24) is 10.2 Å². The van der Waals surface area contributed by atoms with Crippen LogP contribution in [0.3, 0.4) is 0 Å². The molecule has 2 fully saturated rings. The van der Waals surface area contributed by atoms with Crippen molar-refractivity contribution < 1.29 is 4.79 Å². The SMILES string of the molecule is CCN1CCC(CNC(=O)C2(C(N)=S)CCCC2)C1. The van der Waals surface area contributed by atoms with Gasteiger partial charge in [-0.25, -0.2) is 0 Å². The Kier molecular flexibility index (Phi) is 4.79. The fourth-order valence-corrected chi connectivity index (χ4v) is 3.63. The van der Waals surface area contributed by atoms with Crippen LogP contribution < -0.4 is 11.1 Å². The summed E-state index contributed by atoms with van der Waals surface area (Å²) < 4.78 is 0. The van der Waals surface area contributed by atoms with E-state index in [4.69, 9.17) is 18.0 Å². The summed E-state index contributed by atoms with van der Waals surface area (Å²) in [5, 5.41) is 3.10. The van der Waals surface area contributed by atoms with Crippen LogP contribution in [0.1, 0.15) is 39.0 Å². The Bertz CT molecular complexity index is 353. The van der Waals surface area contributed by atoms with E-state index < -0.39 is 5.41 Å². The van der Waals surface area contributed by atoms with Gasteiger partial charge in [0.15, 0.2) is 0 Å². The molecule has 0 radical (unpaired) electrons. The van der Waals surface area contributed by atoms with Crippen LogP contribution in [0.5, 0.6) is 0 Å². The molecule has 0 aromatic rings. The van der Waals surface area contributed by atoms with Crippen molar-refractivity contribution >= 4 is 23.1 Å². The molecule has 1 saturated carbocycles. The van der Waals surface area contributed by atoms with Gasteiger partial charge in [0.25, 0.3) is 0 Å². The van der Waals surface area contributed by atoms with Crippen molar-refractivity contribution in [1.29, 1.82) is 0 Å². The number of nitrogens with two attached hydrogens (primary N) is 1. The molecule has 1 aliphatic carbocycles. The zero-order valence-corrected chi connectivity index (χ0v) is 12.6. The first kappa shape index (κ1) is 14.7. The lowest BCUT2D eigenvalue weighted by atomic mass is 9.85. The highest BCUT2D eigenvalue weighted by atomic mass is 32.1. The first-order valence-corrected chi connectivity index (χ1v) is 7.80. The molecule has 5 heteroatoms. The average Bonchev–Trinajstić information content (AvgIpc) is 3.05. The van der Waals surface area contributed by atoms with E-state index in [2.05, 4.69) is 17.1 Å². The van der Waals surface area contributed by atoms with Gasteiger partial charge in [0.2, 0.25) is 5.91 Å². The monoisotopic (exact) mass is 283 g/mol. The fraction of sp³-hybridized carbons (Fsp3) is 0.857. The van der Waals surface area contributed by atoms with Crippen molar-refractivity contribution in [2.75, 3.05) is 26.2 Å². The number of likely N-dealkylation sites (tertiary alicyclic amines) is 1. The minimum atomic E-state index is -0.557. The summed E-state index contributed by atoms with van der Waals surface area (Å²) in [6, 6.07) is 0. The molecule has 1 heterocycles. The Hall–Kier alpha value is -0.680. The van der Waals surface area contributed by atoms with Crippen LogP contribution in [-0.2, 0) is 4.79 Å². The fourth-order valence-electron chi connectivity index (χ4n) is 3.34. The summed E-state index contributed by atoms with van der Waals surface area (Å²) in [6.07, 6.45) is 4.92. The minimum absolute atomic E-state index is 0.0625. The molecule has 108 valence electrons. The molecule has 19 heavy (non-hydrogen) atoms. The molecule has 1 aliphatic heterocycles. The van der Waals surface area contributed by atoms with E-state index >= 15 is 0 Å². The zero-order chi connectivity index (χ0) is 13.9. The topological polar surface area (TPSA) is 58.4 Å². The summed E-state index contributed by atoms with van der Waals surface area (Å²) >= 11 is 5.14. The number of rotatable bonds is 5. The maximum atomic E-state index is 12.4. The summed E-state index contributed by atoms with van der Waals surface area (Å²) in [5.41, 5.74) is 5.27. The van der Waals surface area contributed by atoms with Crippen LogP contribution in [0.25, 0.3) is 0 Å². The van der Waals surface area contributed by atoms with E-state index in [1.165, 1.54) is 6.42 Å². The van der Waals surface area contributed by atoms with E-state index in [0.29, 0.717) is 10.9 Å². The summed E-state index contributed by atoms with van der Waals surface area (Å²) in [7, 11) is 0. The van der Waals surface area contributed by atoms with Gasteiger partial charge >= 0.3 is 0 Å². The highest BCUT2D eigenvalue weighted by Gasteiger charge is 2.43. The molecule has 0 aromatic heterocycles. The zero-order valence-electron chi connectivity index (χ0n) is 11.8. The Balaban J connectivity index is 1.85. The molecule has 3 N–H and O–H groups in total. The number of nitrogens with one attached hydrogen (secondary N) is 1. The first-order valence-electron chi connectivity index (χ1n) is 7.39. The smallest absolute Gasteiger partial charge is 0.233 e. The molecule has 2 rings (SSSR count). The van der Waals surface area contributed by atoms with Crippen molar-refractivity contribution in [3.8, 4) is 0 Å². The summed E-state index contributed by atoms with van der Waals surface area (Å²) in [6.45, 7) is 6.29. The van der Waals surface area contributed by atoms with E-state index in [-0.39, 0.29) is 5.91 Å². The number of carbonyl (C=O) groups is 1. The van der Waals surface area contributed by atoms with E-state index in [9.17, 15) is 4.79 Å². The lowest BCUT2D eigenvalue weighted by Gasteiger charge is -2.27. The summed E-state index contributed by atoms with van der Waals surface area (Å²) in [5.74, 6) is 0.640. The molecular formula is C14H25N3OS. The van der Waals surface area contributed by atoms with Crippen LogP contribution in [-0.4, -0.2) is 42.0 Å². The molecule has 4 nitrogen and oxygen atoms in total. The number of thiocarbonyl (C=S) groups is 1. The van der Waals surface area contributed by atoms with Crippen molar-refractivity contribution in [2.24, 2.45) is 17.1 Å². The Morgan fingerprint density at radius 2 is 2.16 bits per heavy atom. The van der Waals surface area contributed by atoms with Gasteiger partial charge in [-0.15, -0.1) is 0 Å². The third-order valence-electron chi connectivity index (χ3n) is 4.73. The van der Waals surface area contributed by atoms with Gasteiger partial charge in [0, 0.05) is 13.1 Å². The van der Waals surface area contributed by atoms with Crippen LogP contribution >= 0.6 is 12.2 Å². The lowest BCUT2D eigenvalue weighted by Crippen LogP contribution is -2.48. The molecule has 1 saturated heterocycles. The second-order valence-corrected chi connectivity index (χ2v) is 6.35. The molecule has 0 bridgehead atoms. The molecule has 1 atom stereocenters. The molecular weight excluding hydrogens is 258 g/mol. The van der Waals surface area contributed by atoms with Crippen molar-refractivity contribution in [2.45, 2.75) is 39.0 Å². The largest absolute Gasteiger partial charge is 0.392 e. The first-order chi connectivity index (χ1) is 9.08. The van der Waals surface area contributed by atoms with E-state index in [1.54, 1.807) is 0 Å². The predicted molar refractivity (Wildman–Crippen MR) is 80.9 cm³/mol. The van der Waals surface area contributed by atoms with Gasteiger partial charge in [0.1, 0.15) is 0 Å². The van der Waals surface area contributed by atoms with Gasteiger partial charge in [-0.05, 0) is 38.3 Å². The summed E-state index contributed by atoms with van der Waals surface area (Å²) in [4.78, 5) is 15.2. The quantitative estimate of drug-likeness (QED) is 0.747. The van der Waals surface area contributed by atoms with Gasteiger partial charge in [-0.1, -0.05) is 32.0 Å². The highest BCUT2D eigenvalue weighted by molar-refractivity contribution is 7.80. The van der Waals surface area contributed by atoms with Gasteiger partial charge in [-0.3, -0.25) is 4.79 Å². The molecule has 2 aliphatic rings. The number of amides is 1. The minimum Gasteiger partial charge on any atom is -0.392 e. The number of hydrogen-bond acceptors (Lipinski definition) is 3. The standard InChI is InChI=1S/C14H25N3OS/c1-2-17-8-5-11(10-17)9-16-13(18)14(12(15)19)6-3-4-7-14/h11H,2-10H2,1H3,(H2,15,19)(H,16,18). The number of hydrogen-bond donors (Lipinski definition) is 2. The van der Waals surface area contributed by atoms with Crippen LogP contribution in [0.2, 0.25) is 0 Å². The normalized spacial score (nSPS) is 26.5. The van der Waals surface area contributed by atoms with E-state index in [0.717, 1.165) is 51.9 Å². The second kappa shape index (κ2) is 6.18. The second-order valence-electron chi connectivity index (χ2n) is 5.91. The van der Waals surface area contributed by atoms with Gasteiger partial charge in [-0.2, -0.15) is 0 Å². The number of nitrogens with zero attached hydrogens (tertiary/aromatic N) is 1. The van der Waals surface area contributed by atoms with Crippen molar-refractivity contribution in [3.63, 3.8) is 0 Å². The predicted octanol–water partition coefficient (Wildman–Crippen LogP) is 1.29. The average molecular weight is 283 g/mol. The van der Waals surface area contributed by atoms with Crippen LogP contribution in [0, 0.1) is 11.3 Å². The third kappa shape index (κ3) is 3.08. The lowest BCUT2D eigenvalue weighted by molar-refractivity contribution is -0.127. The van der Waals surface area contributed by atoms with Gasteiger partial charge < -0.3 is 16.0 Å². The van der Waals surface area contributed by atoms with Crippen molar-refractivity contribution in [3.05, 3.63) is 0 Å². The Morgan fingerprint density at radius 1 is 1.47 bits per heavy atom. The molecule has 0 aromatic carbocycles. The molecule has 0 spiro atoms. The maximum absolute atomic E-state index is 12.4. The van der Waals surface area contributed by atoms with Crippen LogP contribution in [0.4, 0.5) is 0 Å². The molecule has 1 amide bonds. The van der Waals surface area contributed by atoms with Gasteiger partial charge in [0.05, 0.1) is 10.4 Å². The maximum Gasteiger partial charge on any atom is 0.233 e. The van der Waals surface area contributed by atoms with E-state index in [1.807, 2.05) is 0 Å². The molecule has 1 unspecified atom stereocenters.